The number of hydrogen-bond donors (Lipinski definition) is 1. The van der Waals surface area contributed by atoms with Crippen molar-refractivity contribution in [1.29, 1.82) is 0 Å². The van der Waals surface area contributed by atoms with Crippen LogP contribution in [0.3, 0.4) is 0 Å². The Morgan fingerprint density at radius 2 is 2.07 bits per heavy atom. The third kappa shape index (κ3) is 1.36. The smallest absolute Gasteiger partial charge is 0.304 e. The molecule has 0 saturated carbocycles. The van der Waals surface area contributed by atoms with E-state index in [1.807, 2.05) is 0 Å². The number of aromatic amines is 1. The second-order valence-corrected chi connectivity index (χ2v) is 3.16. The number of alkyl halides is 2. The molecule has 2 aromatic rings. The van der Waals surface area contributed by atoms with Crippen molar-refractivity contribution >= 4 is 11.0 Å². The summed E-state index contributed by atoms with van der Waals surface area (Å²) in [5.41, 5.74) is 1.23. The highest BCUT2D eigenvalue weighted by molar-refractivity contribution is 5.74. The summed E-state index contributed by atoms with van der Waals surface area (Å²) in [7, 11) is 0. The van der Waals surface area contributed by atoms with Crippen molar-refractivity contribution in [3.05, 3.63) is 30.1 Å². The largest absolute Gasteiger partial charge is 0.337 e. The minimum absolute atomic E-state index is 0.243. The van der Waals surface area contributed by atoms with Crippen LogP contribution in [0.25, 0.3) is 11.0 Å². The average molecular weight is 196 g/mol. The van der Waals surface area contributed by atoms with Crippen LogP contribution in [0.1, 0.15) is 19.2 Å². The Hall–Kier alpha value is -1.45. The van der Waals surface area contributed by atoms with E-state index in [2.05, 4.69) is 9.97 Å². The second kappa shape index (κ2) is 3.04. The molecule has 0 aliphatic rings. The number of para-hydroxylation sites is 2. The maximum Gasteiger partial charge on any atom is 0.304 e. The fourth-order valence-corrected chi connectivity index (χ4v) is 1.29. The van der Waals surface area contributed by atoms with Gasteiger partial charge in [0.15, 0.2) is 5.82 Å². The molecule has 0 aliphatic heterocycles. The van der Waals surface area contributed by atoms with Gasteiger partial charge in [-0.1, -0.05) is 19.1 Å². The fourth-order valence-electron chi connectivity index (χ4n) is 1.29. The van der Waals surface area contributed by atoms with Crippen LogP contribution in [-0.4, -0.2) is 9.97 Å². The van der Waals surface area contributed by atoms with E-state index in [1.54, 1.807) is 24.3 Å². The van der Waals surface area contributed by atoms with Crippen molar-refractivity contribution in [2.75, 3.05) is 0 Å². The van der Waals surface area contributed by atoms with Gasteiger partial charge in [-0.3, -0.25) is 0 Å². The van der Waals surface area contributed by atoms with Crippen LogP contribution in [0.2, 0.25) is 0 Å². The summed E-state index contributed by atoms with van der Waals surface area (Å²) < 4.78 is 26.5. The number of aromatic nitrogens is 2. The summed E-state index contributed by atoms with van der Waals surface area (Å²) in [5, 5.41) is 0. The lowest BCUT2D eigenvalue weighted by Crippen LogP contribution is -2.13. The Morgan fingerprint density at radius 1 is 1.36 bits per heavy atom. The predicted octanol–water partition coefficient (Wildman–Crippen LogP) is 3.06. The molecule has 14 heavy (non-hydrogen) atoms. The van der Waals surface area contributed by atoms with Crippen LogP contribution < -0.4 is 0 Å². The van der Waals surface area contributed by atoms with Gasteiger partial charge in [0, 0.05) is 6.42 Å². The Kier molecular flexibility index (Phi) is 1.98. The van der Waals surface area contributed by atoms with Gasteiger partial charge < -0.3 is 4.98 Å². The zero-order valence-electron chi connectivity index (χ0n) is 7.72. The topological polar surface area (TPSA) is 28.7 Å². The molecule has 0 fully saturated rings. The summed E-state index contributed by atoms with van der Waals surface area (Å²) in [6.07, 6.45) is -0.243. The third-order valence-electron chi connectivity index (χ3n) is 2.18. The molecule has 1 aromatic carbocycles. The molecule has 2 nitrogen and oxygen atoms in total. The number of fused-ring (bicyclic) bond motifs is 1. The minimum atomic E-state index is -2.86. The zero-order chi connectivity index (χ0) is 10.2. The highest BCUT2D eigenvalue weighted by Crippen LogP contribution is 2.30. The molecule has 0 bridgehead atoms. The standard InChI is InChI=1S/C10H10F2N2/c1-2-10(11,12)9-13-7-5-3-4-6-8(7)14-9/h3-6H,2H2,1H3,(H,13,14). The van der Waals surface area contributed by atoms with Crippen molar-refractivity contribution in [2.24, 2.45) is 0 Å². The molecule has 2 rings (SSSR count). The first-order valence-corrected chi connectivity index (χ1v) is 4.46. The number of halogens is 2. The molecule has 74 valence electrons. The van der Waals surface area contributed by atoms with Crippen molar-refractivity contribution < 1.29 is 8.78 Å². The Bertz CT molecular complexity index is 415. The Morgan fingerprint density at radius 3 is 2.71 bits per heavy atom. The summed E-state index contributed by atoms with van der Waals surface area (Å²) in [6.45, 7) is 1.44. The number of rotatable bonds is 2. The minimum Gasteiger partial charge on any atom is -0.337 e. The number of hydrogen-bond acceptors (Lipinski definition) is 1. The molecule has 0 amide bonds. The quantitative estimate of drug-likeness (QED) is 0.785. The number of benzene rings is 1. The monoisotopic (exact) mass is 196 g/mol. The SMILES string of the molecule is CCC(F)(F)c1nc2ccccc2[nH]1. The summed E-state index contributed by atoms with van der Waals surface area (Å²) in [4.78, 5) is 6.48. The number of H-pyrrole nitrogens is 1. The third-order valence-corrected chi connectivity index (χ3v) is 2.18. The van der Waals surface area contributed by atoms with Gasteiger partial charge in [-0.05, 0) is 12.1 Å². The first-order valence-electron chi connectivity index (χ1n) is 4.46. The van der Waals surface area contributed by atoms with Crippen molar-refractivity contribution in [3.63, 3.8) is 0 Å². The van der Waals surface area contributed by atoms with E-state index >= 15 is 0 Å². The normalized spacial score (nSPS) is 12.2. The highest BCUT2D eigenvalue weighted by atomic mass is 19.3. The van der Waals surface area contributed by atoms with E-state index in [1.165, 1.54) is 6.92 Å². The maximum atomic E-state index is 13.2. The average Bonchev–Trinajstić information content (AvgIpc) is 2.61. The van der Waals surface area contributed by atoms with Crippen LogP contribution >= 0.6 is 0 Å². The molecule has 0 atom stereocenters. The van der Waals surface area contributed by atoms with Crippen molar-refractivity contribution in [3.8, 4) is 0 Å². The predicted molar refractivity (Wildman–Crippen MR) is 50.3 cm³/mol. The summed E-state index contributed by atoms with van der Waals surface area (Å²) in [5.74, 6) is -3.11. The number of nitrogens with zero attached hydrogens (tertiary/aromatic N) is 1. The van der Waals surface area contributed by atoms with Crippen molar-refractivity contribution in [1.82, 2.24) is 9.97 Å². The lowest BCUT2D eigenvalue weighted by molar-refractivity contribution is -0.0164. The lowest BCUT2D eigenvalue weighted by atomic mass is 10.2. The van der Waals surface area contributed by atoms with Gasteiger partial charge in [0.05, 0.1) is 11.0 Å². The molecule has 1 heterocycles. The molecule has 0 unspecified atom stereocenters. The zero-order valence-corrected chi connectivity index (χ0v) is 7.72. The Balaban J connectivity index is 2.55. The molecule has 1 aromatic heterocycles. The van der Waals surface area contributed by atoms with Crippen LogP contribution in [0.15, 0.2) is 24.3 Å². The van der Waals surface area contributed by atoms with Crippen LogP contribution in [-0.2, 0) is 5.92 Å². The van der Waals surface area contributed by atoms with E-state index < -0.39 is 5.92 Å². The summed E-state index contributed by atoms with van der Waals surface area (Å²) >= 11 is 0. The highest BCUT2D eigenvalue weighted by Gasteiger charge is 2.32. The molecule has 0 radical (unpaired) electrons. The van der Waals surface area contributed by atoms with Gasteiger partial charge in [0.1, 0.15) is 0 Å². The first kappa shape index (κ1) is 9.12. The van der Waals surface area contributed by atoms with Gasteiger partial charge >= 0.3 is 5.92 Å². The first-order chi connectivity index (χ1) is 6.63. The van der Waals surface area contributed by atoms with E-state index in [0.717, 1.165) is 0 Å². The molecule has 0 saturated heterocycles. The molecule has 4 heteroatoms. The fraction of sp³-hybridized carbons (Fsp3) is 0.300. The maximum absolute atomic E-state index is 13.2. The molecular formula is C10H10F2N2. The van der Waals surface area contributed by atoms with E-state index in [-0.39, 0.29) is 12.2 Å². The van der Waals surface area contributed by atoms with Gasteiger partial charge in [0.25, 0.3) is 0 Å². The number of nitrogens with one attached hydrogen (secondary N) is 1. The van der Waals surface area contributed by atoms with Gasteiger partial charge in [-0.2, -0.15) is 8.78 Å². The van der Waals surface area contributed by atoms with Crippen LogP contribution in [0.5, 0.6) is 0 Å². The Labute approximate surface area is 80.0 Å². The van der Waals surface area contributed by atoms with E-state index in [9.17, 15) is 8.78 Å². The van der Waals surface area contributed by atoms with Gasteiger partial charge in [-0.15, -0.1) is 0 Å². The molecule has 0 spiro atoms. The van der Waals surface area contributed by atoms with Crippen molar-refractivity contribution in [2.45, 2.75) is 19.3 Å². The van der Waals surface area contributed by atoms with Crippen LogP contribution in [0.4, 0.5) is 8.78 Å². The molecular weight excluding hydrogens is 186 g/mol. The molecule has 1 N–H and O–H groups in total. The van der Waals surface area contributed by atoms with E-state index in [0.29, 0.717) is 11.0 Å². The van der Waals surface area contributed by atoms with Gasteiger partial charge in [0.2, 0.25) is 0 Å². The van der Waals surface area contributed by atoms with Gasteiger partial charge in [-0.25, -0.2) is 4.98 Å². The lowest BCUT2D eigenvalue weighted by Gasteiger charge is -2.09. The number of imidazole rings is 1. The van der Waals surface area contributed by atoms with E-state index in [4.69, 9.17) is 0 Å². The molecule has 0 aliphatic carbocycles. The second-order valence-electron chi connectivity index (χ2n) is 3.16. The summed E-state index contributed by atoms with van der Waals surface area (Å²) in [6, 6.07) is 7.00. The van der Waals surface area contributed by atoms with Crippen LogP contribution in [0, 0.1) is 0 Å².